The fourth-order valence-corrected chi connectivity index (χ4v) is 2.82. The molecule has 1 unspecified atom stereocenters. The molecule has 5 nitrogen and oxygen atoms in total. The molecule has 1 aromatic heterocycles. The molecule has 0 amide bonds. The van der Waals surface area contributed by atoms with Gasteiger partial charge in [-0.05, 0) is 24.5 Å². The average molecular weight is 277 g/mol. The first kappa shape index (κ1) is 12.1. The number of anilines is 2. The van der Waals surface area contributed by atoms with Gasteiger partial charge in [0, 0.05) is 5.56 Å². The minimum Gasteiger partial charge on any atom is -0.491 e. The summed E-state index contributed by atoms with van der Waals surface area (Å²) in [7, 11) is 0. The number of para-hydroxylation sites is 1. The van der Waals surface area contributed by atoms with Crippen LogP contribution < -0.4 is 20.5 Å². The quantitative estimate of drug-likeness (QED) is 0.899. The Morgan fingerprint density at radius 1 is 1.53 bits per heavy atom. The lowest BCUT2D eigenvalue weighted by atomic mass is 10.1. The van der Waals surface area contributed by atoms with Gasteiger partial charge in [0.05, 0.1) is 12.6 Å². The highest BCUT2D eigenvalue weighted by molar-refractivity contribution is 7.11. The van der Waals surface area contributed by atoms with Crippen molar-refractivity contribution < 1.29 is 9.47 Å². The Bertz CT molecular complexity index is 585. The summed E-state index contributed by atoms with van der Waals surface area (Å²) in [5, 5.41) is 4.25. The number of rotatable bonds is 4. The van der Waals surface area contributed by atoms with Gasteiger partial charge in [0.25, 0.3) is 0 Å². The van der Waals surface area contributed by atoms with Gasteiger partial charge in [-0.15, -0.1) is 0 Å². The fraction of sp³-hybridized carbons (Fsp3) is 0.308. The molecule has 0 saturated carbocycles. The van der Waals surface area contributed by atoms with Crippen LogP contribution in [0.1, 0.15) is 18.5 Å². The summed E-state index contributed by atoms with van der Waals surface area (Å²) >= 11 is 1.31. The molecule has 0 fully saturated rings. The second-order valence-electron chi connectivity index (χ2n) is 4.20. The second-order valence-corrected chi connectivity index (χ2v) is 4.98. The number of nitrogens with one attached hydrogen (secondary N) is 1. The Kier molecular flexibility index (Phi) is 3.16. The molecular formula is C13H15N3O2S. The zero-order valence-corrected chi connectivity index (χ0v) is 11.4. The monoisotopic (exact) mass is 277 g/mol. The van der Waals surface area contributed by atoms with Gasteiger partial charge in [-0.3, -0.25) is 0 Å². The van der Waals surface area contributed by atoms with Crippen LogP contribution in [0.5, 0.6) is 11.5 Å². The molecule has 1 aliphatic rings. The SMILES string of the molecule is CCOc1c(N)nsc1NC1COc2ccccc21. The molecule has 2 heterocycles. The van der Waals surface area contributed by atoms with Crippen molar-refractivity contribution in [2.45, 2.75) is 13.0 Å². The van der Waals surface area contributed by atoms with E-state index in [0.29, 0.717) is 24.8 Å². The summed E-state index contributed by atoms with van der Waals surface area (Å²) in [6.07, 6.45) is 0. The maximum absolute atomic E-state index is 5.80. The predicted molar refractivity (Wildman–Crippen MR) is 76.0 cm³/mol. The van der Waals surface area contributed by atoms with Crippen LogP contribution in [0.3, 0.4) is 0 Å². The number of benzene rings is 1. The van der Waals surface area contributed by atoms with Crippen molar-refractivity contribution in [2.24, 2.45) is 0 Å². The molecule has 100 valence electrons. The molecule has 0 aliphatic carbocycles. The zero-order valence-electron chi connectivity index (χ0n) is 10.6. The van der Waals surface area contributed by atoms with E-state index in [1.54, 1.807) is 0 Å². The Morgan fingerprint density at radius 2 is 2.37 bits per heavy atom. The topological polar surface area (TPSA) is 69.4 Å². The molecule has 0 spiro atoms. The van der Waals surface area contributed by atoms with Crippen LogP contribution >= 0.6 is 11.5 Å². The smallest absolute Gasteiger partial charge is 0.197 e. The first-order chi connectivity index (χ1) is 9.29. The Labute approximate surface area is 115 Å². The van der Waals surface area contributed by atoms with Crippen LogP contribution in [0.15, 0.2) is 24.3 Å². The van der Waals surface area contributed by atoms with Crippen molar-refractivity contribution in [2.75, 3.05) is 24.3 Å². The Balaban J connectivity index is 1.83. The number of nitrogen functional groups attached to an aromatic ring is 1. The van der Waals surface area contributed by atoms with E-state index >= 15 is 0 Å². The molecule has 0 saturated heterocycles. The molecule has 0 bridgehead atoms. The lowest BCUT2D eigenvalue weighted by molar-refractivity contribution is 0.335. The van der Waals surface area contributed by atoms with Crippen LogP contribution in [0.2, 0.25) is 0 Å². The Morgan fingerprint density at radius 3 is 3.21 bits per heavy atom. The van der Waals surface area contributed by atoms with Crippen LogP contribution in [0.4, 0.5) is 10.8 Å². The van der Waals surface area contributed by atoms with E-state index in [9.17, 15) is 0 Å². The number of fused-ring (bicyclic) bond motifs is 1. The minimum atomic E-state index is 0.107. The molecule has 1 aromatic carbocycles. The summed E-state index contributed by atoms with van der Waals surface area (Å²) in [5.74, 6) is 1.99. The number of hydrogen-bond donors (Lipinski definition) is 2. The van der Waals surface area contributed by atoms with Crippen molar-refractivity contribution in [3.05, 3.63) is 29.8 Å². The number of ether oxygens (including phenoxy) is 2. The highest BCUT2D eigenvalue weighted by Gasteiger charge is 2.25. The summed E-state index contributed by atoms with van der Waals surface area (Å²) in [6, 6.07) is 8.12. The highest BCUT2D eigenvalue weighted by atomic mass is 32.1. The van der Waals surface area contributed by atoms with Crippen LogP contribution in [0, 0.1) is 0 Å². The maximum atomic E-state index is 5.80. The molecule has 2 aromatic rings. The van der Waals surface area contributed by atoms with E-state index < -0.39 is 0 Å². The van der Waals surface area contributed by atoms with Gasteiger partial charge in [0.15, 0.2) is 16.6 Å². The Hall–Kier alpha value is -1.95. The number of hydrogen-bond acceptors (Lipinski definition) is 6. The van der Waals surface area contributed by atoms with Crippen molar-refractivity contribution in [3.8, 4) is 11.5 Å². The van der Waals surface area contributed by atoms with Crippen LogP contribution in [-0.2, 0) is 0 Å². The van der Waals surface area contributed by atoms with Gasteiger partial charge >= 0.3 is 0 Å². The van der Waals surface area contributed by atoms with Crippen molar-refractivity contribution in [1.29, 1.82) is 0 Å². The van der Waals surface area contributed by atoms with E-state index in [4.69, 9.17) is 15.2 Å². The molecular weight excluding hydrogens is 262 g/mol. The van der Waals surface area contributed by atoms with Gasteiger partial charge in [-0.2, -0.15) is 4.37 Å². The van der Waals surface area contributed by atoms with Crippen molar-refractivity contribution >= 4 is 22.4 Å². The largest absolute Gasteiger partial charge is 0.491 e. The number of aromatic nitrogens is 1. The number of nitrogens with two attached hydrogens (primary N) is 1. The van der Waals surface area contributed by atoms with E-state index in [-0.39, 0.29) is 6.04 Å². The molecule has 19 heavy (non-hydrogen) atoms. The first-order valence-corrected chi connectivity index (χ1v) is 6.93. The third-order valence-corrected chi connectivity index (χ3v) is 3.74. The summed E-state index contributed by atoms with van der Waals surface area (Å²) in [6.45, 7) is 3.09. The lowest BCUT2D eigenvalue weighted by Gasteiger charge is -2.12. The molecule has 6 heteroatoms. The standard InChI is InChI=1S/C13H15N3O2S/c1-2-17-11-12(14)16-19-13(11)15-9-7-18-10-6-4-3-5-8(9)10/h3-6,9,15H,2,7H2,1H3,(H2,14,16). The normalized spacial score (nSPS) is 16.8. The third-order valence-electron chi connectivity index (χ3n) is 2.97. The van der Waals surface area contributed by atoms with Gasteiger partial charge in [-0.25, -0.2) is 0 Å². The molecule has 1 atom stereocenters. The van der Waals surface area contributed by atoms with Gasteiger partial charge in [-0.1, -0.05) is 18.2 Å². The molecule has 1 aliphatic heterocycles. The second kappa shape index (κ2) is 4.97. The van der Waals surface area contributed by atoms with Gasteiger partial charge < -0.3 is 20.5 Å². The molecule has 0 radical (unpaired) electrons. The zero-order chi connectivity index (χ0) is 13.2. The first-order valence-electron chi connectivity index (χ1n) is 6.15. The van der Waals surface area contributed by atoms with Gasteiger partial charge in [0.1, 0.15) is 12.4 Å². The van der Waals surface area contributed by atoms with Crippen LogP contribution in [-0.4, -0.2) is 17.6 Å². The van der Waals surface area contributed by atoms with E-state index in [2.05, 4.69) is 15.8 Å². The van der Waals surface area contributed by atoms with Crippen molar-refractivity contribution in [3.63, 3.8) is 0 Å². The number of nitrogens with zero attached hydrogens (tertiary/aromatic N) is 1. The summed E-state index contributed by atoms with van der Waals surface area (Å²) in [4.78, 5) is 0. The molecule has 3 rings (SSSR count). The average Bonchev–Trinajstić information content (AvgIpc) is 2.98. The molecule has 3 N–H and O–H groups in total. The van der Waals surface area contributed by atoms with Crippen LogP contribution in [0.25, 0.3) is 0 Å². The third kappa shape index (κ3) is 2.19. The highest BCUT2D eigenvalue weighted by Crippen LogP contribution is 2.40. The van der Waals surface area contributed by atoms with E-state index in [1.165, 1.54) is 11.5 Å². The summed E-state index contributed by atoms with van der Waals surface area (Å²) < 4.78 is 15.3. The fourth-order valence-electron chi connectivity index (χ4n) is 2.11. The van der Waals surface area contributed by atoms with E-state index in [1.807, 2.05) is 25.1 Å². The summed E-state index contributed by atoms with van der Waals surface area (Å²) in [5.41, 5.74) is 6.95. The lowest BCUT2D eigenvalue weighted by Crippen LogP contribution is -2.12. The predicted octanol–water partition coefficient (Wildman–Crippen LogP) is 2.67. The van der Waals surface area contributed by atoms with E-state index in [0.717, 1.165) is 16.3 Å². The maximum Gasteiger partial charge on any atom is 0.197 e. The van der Waals surface area contributed by atoms with Crippen molar-refractivity contribution in [1.82, 2.24) is 4.37 Å². The minimum absolute atomic E-state index is 0.107. The van der Waals surface area contributed by atoms with Gasteiger partial charge in [0.2, 0.25) is 0 Å².